The lowest BCUT2D eigenvalue weighted by molar-refractivity contribution is 0.0692. The predicted molar refractivity (Wildman–Crippen MR) is 64.6 cm³/mol. The van der Waals surface area contributed by atoms with Crippen LogP contribution in [-0.4, -0.2) is 25.4 Å². The Labute approximate surface area is 106 Å². The van der Waals surface area contributed by atoms with E-state index in [4.69, 9.17) is 5.11 Å². The van der Waals surface area contributed by atoms with Crippen LogP contribution in [-0.2, 0) is 6.42 Å². The highest BCUT2D eigenvalue weighted by molar-refractivity contribution is 8.01. The maximum Gasteiger partial charge on any atom is 0.338 e. The fourth-order valence-corrected chi connectivity index (χ4v) is 2.83. The monoisotopic (exact) mass is 267 g/mol. The second-order valence-electron chi connectivity index (χ2n) is 3.09. The van der Waals surface area contributed by atoms with Gasteiger partial charge in [0.2, 0.25) is 0 Å². The quantitative estimate of drug-likeness (QED) is 0.916. The lowest BCUT2D eigenvalue weighted by atomic mass is 10.3. The Bertz CT molecular complexity index is 542. The molecule has 0 aromatic carbocycles. The number of aryl methyl sites for hydroxylation is 1. The molecule has 2 aromatic heterocycles. The van der Waals surface area contributed by atoms with Gasteiger partial charge in [-0.25, -0.2) is 14.8 Å². The van der Waals surface area contributed by atoms with Crippen molar-refractivity contribution in [2.45, 2.75) is 22.7 Å². The van der Waals surface area contributed by atoms with Crippen LogP contribution in [0.5, 0.6) is 0 Å². The molecule has 0 atom stereocenters. The number of nitrogens with zero attached hydrogens (tertiary/aromatic N) is 3. The van der Waals surface area contributed by atoms with E-state index in [1.54, 1.807) is 12.3 Å². The Hall–Kier alpha value is -1.47. The number of pyridine rings is 1. The molecule has 0 unspecified atom stereocenters. The summed E-state index contributed by atoms with van der Waals surface area (Å²) < 4.78 is 4.85. The van der Waals surface area contributed by atoms with Crippen molar-refractivity contribution in [3.05, 3.63) is 29.7 Å². The van der Waals surface area contributed by atoms with Crippen molar-refractivity contribution in [1.29, 1.82) is 0 Å². The van der Waals surface area contributed by atoms with Crippen LogP contribution in [0.25, 0.3) is 0 Å². The summed E-state index contributed by atoms with van der Waals surface area (Å²) in [5, 5.41) is 9.45. The zero-order chi connectivity index (χ0) is 12.3. The second kappa shape index (κ2) is 5.24. The van der Waals surface area contributed by atoms with Gasteiger partial charge in [-0.1, -0.05) is 6.92 Å². The van der Waals surface area contributed by atoms with Crippen molar-refractivity contribution in [1.82, 2.24) is 14.3 Å². The number of hydrogen-bond donors (Lipinski definition) is 1. The van der Waals surface area contributed by atoms with Gasteiger partial charge in [-0.2, -0.15) is 4.37 Å². The molecule has 0 bridgehead atoms. The first-order valence-electron chi connectivity index (χ1n) is 4.89. The van der Waals surface area contributed by atoms with E-state index in [0.717, 1.165) is 12.2 Å². The Balaban J connectivity index is 2.26. The molecule has 2 aromatic rings. The van der Waals surface area contributed by atoms with Gasteiger partial charge in [-0.05, 0) is 35.4 Å². The normalized spacial score (nSPS) is 10.4. The van der Waals surface area contributed by atoms with Crippen molar-refractivity contribution in [3.8, 4) is 0 Å². The molecule has 0 spiro atoms. The Morgan fingerprint density at radius 2 is 2.41 bits per heavy atom. The van der Waals surface area contributed by atoms with E-state index < -0.39 is 5.97 Å². The number of carboxylic acid groups (broad SMARTS) is 1. The summed E-state index contributed by atoms with van der Waals surface area (Å²) in [6.07, 6.45) is 2.33. The van der Waals surface area contributed by atoms with Crippen LogP contribution in [0, 0.1) is 0 Å². The molecule has 0 aliphatic carbocycles. The molecule has 88 valence electrons. The summed E-state index contributed by atoms with van der Waals surface area (Å²) in [6.45, 7) is 1.97. The number of aromatic nitrogens is 3. The molecule has 0 fully saturated rings. The number of rotatable bonds is 4. The molecular formula is C10H9N3O2S2. The summed E-state index contributed by atoms with van der Waals surface area (Å²) in [6, 6.07) is 3.13. The number of aromatic carboxylic acids is 1. The zero-order valence-corrected chi connectivity index (χ0v) is 10.6. The van der Waals surface area contributed by atoms with Crippen LogP contribution < -0.4 is 0 Å². The molecule has 17 heavy (non-hydrogen) atoms. The van der Waals surface area contributed by atoms with E-state index in [1.165, 1.54) is 29.4 Å². The first-order chi connectivity index (χ1) is 8.20. The minimum absolute atomic E-state index is 0.186. The smallest absolute Gasteiger partial charge is 0.338 e. The van der Waals surface area contributed by atoms with Crippen LogP contribution in [0.2, 0.25) is 0 Å². The predicted octanol–water partition coefficient (Wildman–Crippen LogP) is 2.34. The van der Waals surface area contributed by atoms with Crippen LogP contribution >= 0.6 is 23.3 Å². The van der Waals surface area contributed by atoms with Crippen LogP contribution in [0.1, 0.15) is 23.1 Å². The lowest BCUT2D eigenvalue weighted by Crippen LogP contribution is -1.99. The van der Waals surface area contributed by atoms with Gasteiger partial charge in [0.15, 0.2) is 4.34 Å². The highest BCUT2D eigenvalue weighted by Gasteiger charge is 2.13. The minimum atomic E-state index is -0.985. The van der Waals surface area contributed by atoms with E-state index in [-0.39, 0.29) is 5.56 Å². The third-order valence-corrected chi connectivity index (χ3v) is 3.76. The highest BCUT2D eigenvalue weighted by atomic mass is 32.2. The fourth-order valence-electron chi connectivity index (χ4n) is 1.14. The standard InChI is InChI=1S/C10H9N3O2S2/c1-2-7-12-10(17-13-7)16-8-6(9(14)15)4-3-5-11-8/h3-5H,2H2,1H3,(H,14,15). The van der Waals surface area contributed by atoms with Gasteiger partial charge in [0.1, 0.15) is 10.9 Å². The molecule has 0 radical (unpaired) electrons. The summed E-state index contributed by atoms with van der Waals surface area (Å²) in [4.78, 5) is 19.3. The third kappa shape index (κ3) is 2.80. The molecular weight excluding hydrogens is 258 g/mol. The van der Waals surface area contributed by atoms with E-state index in [0.29, 0.717) is 9.37 Å². The van der Waals surface area contributed by atoms with E-state index in [1.807, 2.05) is 6.92 Å². The van der Waals surface area contributed by atoms with Crippen LogP contribution in [0.3, 0.4) is 0 Å². The Morgan fingerprint density at radius 1 is 1.59 bits per heavy atom. The number of hydrogen-bond acceptors (Lipinski definition) is 6. The molecule has 5 nitrogen and oxygen atoms in total. The number of carboxylic acids is 1. The van der Waals surface area contributed by atoms with Gasteiger partial charge in [0.25, 0.3) is 0 Å². The maximum absolute atomic E-state index is 11.0. The fraction of sp³-hybridized carbons (Fsp3) is 0.200. The molecule has 7 heteroatoms. The third-order valence-electron chi connectivity index (χ3n) is 1.95. The Morgan fingerprint density at radius 3 is 3.06 bits per heavy atom. The van der Waals surface area contributed by atoms with E-state index in [2.05, 4.69) is 14.3 Å². The van der Waals surface area contributed by atoms with Crippen molar-refractivity contribution >= 4 is 29.3 Å². The molecule has 0 saturated carbocycles. The average Bonchev–Trinajstić information content (AvgIpc) is 2.77. The van der Waals surface area contributed by atoms with E-state index in [9.17, 15) is 4.79 Å². The molecule has 0 aliphatic heterocycles. The van der Waals surface area contributed by atoms with E-state index >= 15 is 0 Å². The van der Waals surface area contributed by atoms with Crippen molar-refractivity contribution in [2.24, 2.45) is 0 Å². The van der Waals surface area contributed by atoms with Gasteiger partial charge in [-0.15, -0.1) is 0 Å². The SMILES string of the molecule is CCc1nsc(Sc2ncccc2C(=O)O)n1. The van der Waals surface area contributed by atoms with Crippen molar-refractivity contribution < 1.29 is 9.90 Å². The van der Waals surface area contributed by atoms with Gasteiger partial charge in [0.05, 0.1) is 5.56 Å². The van der Waals surface area contributed by atoms with Crippen molar-refractivity contribution in [2.75, 3.05) is 0 Å². The summed E-state index contributed by atoms with van der Waals surface area (Å²) in [5.41, 5.74) is 0.186. The molecule has 0 aliphatic rings. The summed E-state index contributed by atoms with van der Waals surface area (Å²) in [7, 11) is 0. The van der Waals surface area contributed by atoms with Crippen LogP contribution in [0.15, 0.2) is 27.7 Å². The van der Waals surface area contributed by atoms with Gasteiger partial charge in [0, 0.05) is 12.6 Å². The Kier molecular flexibility index (Phi) is 3.70. The summed E-state index contributed by atoms with van der Waals surface area (Å²) in [5.74, 6) is -0.217. The van der Waals surface area contributed by atoms with Crippen molar-refractivity contribution in [3.63, 3.8) is 0 Å². The topological polar surface area (TPSA) is 76.0 Å². The van der Waals surface area contributed by atoms with Gasteiger partial charge in [-0.3, -0.25) is 0 Å². The molecule has 0 amide bonds. The van der Waals surface area contributed by atoms with Crippen LogP contribution in [0.4, 0.5) is 0 Å². The highest BCUT2D eigenvalue weighted by Crippen LogP contribution is 2.29. The van der Waals surface area contributed by atoms with Gasteiger partial charge < -0.3 is 5.11 Å². The molecule has 1 N–H and O–H groups in total. The zero-order valence-electron chi connectivity index (χ0n) is 8.95. The largest absolute Gasteiger partial charge is 0.478 e. The average molecular weight is 267 g/mol. The summed E-state index contributed by atoms with van der Waals surface area (Å²) >= 11 is 2.49. The number of carbonyl (C=O) groups is 1. The first-order valence-corrected chi connectivity index (χ1v) is 6.48. The molecule has 0 saturated heterocycles. The van der Waals surface area contributed by atoms with Gasteiger partial charge >= 0.3 is 5.97 Å². The maximum atomic E-state index is 11.0. The molecule has 2 rings (SSSR count). The second-order valence-corrected chi connectivity index (χ2v) is 5.08. The minimum Gasteiger partial charge on any atom is -0.478 e. The first kappa shape index (κ1) is 12.0. The lowest BCUT2D eigenvalue weighted by Gasteiger charge is -2.00. The molecule has 2 heterocycles.